The summed E-state index contributed by atoms with van der Waals surface area (Å²) in [5.74, 6) is 0. The zero-order valence-corrected chi connectivity index (χ0v) is 11.5. The first-order chi connectivity index (χ1) is 8.20. The molecule has 1 N–H and O–H groups in total. The number of aromatic nitrogens is 1. The van der Waals surface area contributed by atoms with Gasteiger partial charge in [0.2, 0.25) is 0 Å². The van der Waals surface area contributed by atoms with E-state index in [1.54, 1.807) is 7.11 Å². The molecule has 1 heterocycles. The van der Waals surface area contributed by atoms with Crippen LogP contribution in [-0.4, -0.2) is 24.7 Å². The van der Waals surface area contributed by atoms with E-state index in [9.17, 15) is 0 Å². The first-order valence-electron chi connectivity index (χ1n) is 5.51. The summed E-state index contributed by atoms with van der Waals surface area (Å²) in [6.45, 7) is 2.81. The van der Waals surface area contributed by atoms with Crippen LogP contribution in [0.4, 0.5) is 5.69 Å². The molecular formula is C13H15BrN2O. The number of anilines is 1. The lowest BCUT2D eigenvalue weighted by Gasteiger charge is -2.13. The Bertz CT molecular complexity index is 516. The van der Waals surface area contributed by atoms with Crippen molar-refractivity contribution in [3.63, 3.8) is 0 Å². The van der Waals surface area contributed by atoms with Crippen molar-refractivity contribution < 1.29 is 4.74 Å². The molecule has 0 fully saturated rings. The van der Waals surface area contributed by atoms with Gasteiger partial charge in [0.1, 0.15) is 0 Å². The van der Waals surface area contributed by atoms with E-state index in [1.165, 1.54) is 0 Å². The highest BCUT2D eigenvalue weighted by atomic mass is 79.9. The van der Waals surface area contributed by atoms with Crippen molar-refractivity contribution in [2.45, 2.75) is 13.0 Å². The number of hydrogen-bond acceptors (Lipinski definition) is 3. The molecule has 0 aliphatic rings. The van der Waals surface area contributed by atoms with Crippen molar-refractivity contribution >= 4 is 32.5 Å². The number of nitrogens with one attached hydrogen (secondary N) is 1. The van der Waals surface area contributed by atoms with Crippen LogP contribution in [0.15, 0.2) is 34.9 Å². The van der Waals surface area contributed by atoms with Crippen LogP contribution in [0, 0.1) is 0 Å². The van der Waals surface area contributed by atoms with Crippen molar-refractivity contribution in [3.05, 3.63) is 34.9 Å². The highest BCUT2D eigenvalue weighted by Crippen LogP contribution is 2.24. The molecule has 0 spiro atoms. The fourth-order valence-electron chi connectivity index (χ4n) is 1.61. The largest absolute Gasteiger partial charge is 0.382 e. The summed E-state index contributed by atoms with van der Waals surface area (Å²) >= 11 is 3.48. The van der Waals surface area contributed by atoms with E-state index in [1.807, 2.05) is 31.3 Å². The minimum absolute atomic E-state index is 0.186. The molecule has 1 atom stereocenters. The second-order valence-corrected chi connectivity index (χ2v) is 4.86. The van der Waals surface area contributed by atoms with Crippen LogP contribution in [0.1, 0.15) is 6.92 Å². The van der Waals surface area contributed by atoms with Crippen molar-refractivity contribution in [1.82, 2.24) is 4.98 Å². The van der Waals surface area contributed by atoms with E-state index < -0.39 is 0 Å². The molecule has 0 aliphatic carbocycles. The van der Waals surface area contributed by atoms with Crippen LogP contribution in [0.5, 0.6) is 0 Å². The fraction of sp³-hybridized carbons (Fsp3) is 0.308. The smallest absolute Gasteiger partial charge is 0.0723 e. The third kappa shape index (κ3) is 2.96. The van der Waals surface area contributed by atoms with Gasteiger partial charge in [-0.05, 0) is 31.2 Å². The van der Waals surface area contributed by atoms with Gasteiger partial charge in [-0.2, -0.15) is 0 Å². The molecule has 0 bridgehead atoms. The molecule has 0 unspecified atom stereocenters. The third-order valence-corrected chi connectivity index (χ3v) is 3.18. The molecule has 2 aromatic rings. The van der Waals surface area contributed by atoms with E-state index >= 15 is 0 Å². The van der Waals surface area contributed by atoms with Crippen LogP contribution in [0.25, 0.3) is 10.9 Å². The van der Waals surface area contributed by atoms with Crippen LogP contribution >= 0.6 is 15.9 Å². The molecule has 17 heavy (non-hydrogen) atoms. The Kier molecular flexibility index (Phi) is 3.97. The molecule has 0 radical (unpaired) electrons. The predicted octanol–water partition coefficient (Wildman–Crippen LogP) is 3.44. The Hall–Kier alpha value is -1.13. The van der Waals surface area contributed by atoms with E-state index in [0.29, 0.717) is 0 Å². The summed E-state index contributed by atoms with van der Waals surface area (Å²) in [5, 5.41) is 4.50. The van der Waals surface area contributed by atoms with Crippen LogP contribution < -0.4 is 5.32 Å². The van der Waals surface area contributed by atoms with Crippen LogP contribution in [-0.2, 0) is 4.74 Å². The quantitative estimate of drug-likeness (QED) is 0.938. The van der Waals surface area contributed by atoms with E-state index in [-0.39, 0.29) is 6.10 Å². The van der Waals surface area contributed by atoms with Gasteiger partial charge in [-0.1, -0.05) is 15.9 Å². The summed E-state index contributed by atoms with van der Waals surface area (Å²) in [7, 11) is 1.72. The molecule has 90 valence electrons. The first kappa shape index (κ1) is 12.3. The zero-order valence-electron chi connectivity index (χ0n) is 9.90. The molecular weight excluding hydrogens is 280 g/mol. The van der Waals surface area contributed by atoms with Gasteiger partial charge >= 0.3 is 0 Å². The van der Waals surface area contributed by atoms with Crippen molar-refractivity contribution in [2.75, 3.05) is 19.0 Å². The normalized spacial score (nSPS) is 12.6. The highest BCUT2D eigenvalue weighted by molar-refractivity contribution is 9.10. The molecule has 0 saturated heterocycles. The highest BCUT2D eigenvalue weighted by Gasteiger charge is 2.04. The second-order valence-electron chi connectivity index (χ2n) is 3.95. The van der Waals surface area contributed by atoms with Gasteiger partial charge < -0.3 is 10.1 Å². The maximum absolute atomic E-state index is 5.22. The van der Waals surface area contributed by atoms with Crippen molar-refractivity contribution in [3.8, 4) is 0 Å². The Morgan fingerprint density at radius 2 is 2.24 bits per heavy atom. The SMILES string of the molecule is CO[C@@H](C)CNc1ccnc2ccc(Br)cc12. The number of halogens is 1. The molecule has 1 aromatic carbocycles. The standard InChI is InChI=1S/C13H15BrN2O/c1-9(17-2)8-16-13-5-6-15-12-4-3-10(14)7-11(12)13/h3-7,9H,8H2,1-2H3,(H,15,16)/t9-/m0/s1. The number of methoxy groups -OCH3 is 1. The van der Waals surface area contributed by atoms with Crippen molar-refractivity contribution in [1.29, 1.82) is 0 Å². The number of ether oxygens (including phenoxy) is 1. The third-order valence-electron chi connectivity index (χ3n) is 2.69. The minimum Gasteiger partial charge on any atom is -0.382 e. The Morgan fingerprint density at radius 3 is 3.00 bits per heavy atom. The summed E-state index contributed by atoms with van der Waals surface area (Å²) in [6.07, 6.45) is 2.00. The van der Waals surface area contributed by atoms with E-state index in [2.05, 4.69) is 32.3 Å². The van der Waals surface area contributed by atoms with Gasteiger partial charge in [0.05, 0.1) is 11.6 Å². The van der Waals surface area contributed by atoms with Crippen molar-refractivity contribution in [2.24, 2.45) is 0 Å². The number of nitrogens with zero attached hydrogens (tertiary/aromatic N) is 1. The Labute approximate surface area is 109 Å². The molecule has 4 heteroatoms. The van der Waals surface area contributed by atoms with Gasteiger partial charge in [-0.25, -0.2) is 0 Å². The molecule has 2 rings (SSSR count). The fourth-order valence-corrected chi connectivity index (χ4v) is 1.97. The number of rotatable bonds is 4. The Morgan fingerprint density at radius 1 is 1.41 bits per heavy atom. The molecule has 0 aliphatic heterocycles. The van der Waals surface area contributed by atoms with Gasteiger partial charge in [0.25, 0.3) is 0 Å². The summed E-state index contributed by atoms with van der Waals surface area (Å²) < 4.78 is 6.28. The molecule has 0 saturated carbocycles. The van der Waals surface area contributed by atoms with Gasteiger partial charge in [0.15, 0.2) is 0 Å². The van der Waals surface area contributed by atoms with Gasteiger partial charge in [-0.15, -0.1) is 0 Å². The monoisotopic (exact) mass is 294 g/mol. The molecule has 3 nitrogen and oxygen atoms in total. The molecule has 0 amide bonds. The van der Waals surface area contributed by atoms with Gasteiger partial charge in [-0.3, -0.25) is 4.98 Å². The zero-order chi connectivity index (χ0) is 12.3. The lowest BCUT2D eigenvalue weighted by Crippen LogP contribution is -2.18. The van der Waals surface area contributed by atoms with E-state index in [0.717, 1.165) is 27.6 Å². The maximum Gasteiger partial charge on any atom is 0.0723 e. The lowest BCUT2D eigenvalue weighted by molar-refractivity contribution is 0.129. The van der Waals surface area contributed by atoms with E-state index in [4.69, 9.17) is 4.74 Å². The Balaban J connectivity index is 2.30. The average Bonchev–Trinajstić information content (AvgIpc) is 2.35. The lowest BCUT2D eigenvalue weighted by atomic mass is 10.2. The summed E-state index contributed by atoms with van der Waals surface area (Å²) in [6, 6.07) is 8.06. The summed E-state index contributed by atoms with van der Waals surface area (Å²) in [5.41, 5.74) is 2.07. The minimum atomic E-state index is 0.186. The number of benzene rings is 1. The topological polar surface area (TPSA) is 34.1 Å². The maximum atomic E-state index is 5.22. The molecule has 1 aromatic heterocycles. The predicted molar refractivity (Wildman–Crippen MR) is 74.4 cm³/mol. The number of pyridine rings is 1. The van der Waals surface area contributed by atoms with Crippen LogP contribution in [0.2, 0.25) is 0 Å². The number of hydrogen-bond donors (Lipinski definition) is 1. The average molecular weight is 295 g/mol. The number of fused-ring (bicyclic) bond motifs is 1. The first-order valence-corrected chi connectivity index (χ1v) is 6.31. The summed E-state index contributed by atoms with van der Waals surface area (Å²) in [4.78, 5) is 4.34. The van der Waals surface area contributed by atoms with Gasteiger partial charge in [0, 0.05) is 35.4 Å². The van der Waals surface area contributed by atoms with Crippen LogP contribution in [0.3, 0.4) is 0 Å². The second kappa shape index (κ2) is 5.47.